The SMILES string of the molecule is COC1(c2ccc(Oc3ccccc3)cc2)CC1. The number of hydrogen-bond donors (Lipinski definition) is 0. The largest absolute Gasteiger partial charge is 0.457 e. The lowest BCUT2D eigenvalue weighted by atomic mass is 10.1. The molecule has 2 nitrogen and oxygen atoms in total. The molecule has 2 aromatic rings. The van der Waals surface area contributed by atoms with Crippen molar-refractivity contribution in [2.45, 2.75) is 18.4 Å². The maximum Gasteiger partial charge on any atom is 0.127 e. The van der Waals surface area contributed by atoms with Crippen LogP contribution in [-0.4, -0.2) is 7.11 Å². The summed E-state index contributed by atoms with van der Waals surface area (Å²) in [5, 5.41) is 0. The summed E-state index contributed by atoms with van der Waals surface area (Å²) in [6.07, 6.45) is 2.23. The summed E-state index contributed by atoms with van der Waals surface area (Å²) < 4.78 is 11.3. The van der Waals surface area contributed by atoms with E-state index in [1.807, 2.05) is 42.5 Å². The lowest BCUT2D eigenvalue weighted by molar-refractivity contribution is 0.0789. The third-order valence-electron chi connectivity index (χ3n) is 3.45. The predicted molar refractivity (Wildman–Crippen MR) is 70.9 cm³/mol. The minimum atomic E-state index is -0.0225. The Morgan fingerprint density at radius 2 is 1.44 bits per heavy atom. The van der Waals surface area contributed by atoms with Gasteiger partial charge in [0.15, 0.2) is 0 Å². The number of methoxy groups -OCH3 is 1. The summed E-state index contributed by atoms with van der Waals surface area (Å²) in [6.45, 7) is 0. The standard InChI is InChI=1S/C16H16O2/c1-17-16(11-12-16)13-7-9-15(10-8-13)18-14-5-3-2-4-6-14/h2-10H,11-12H2,1H3. The summed E-state index contributed by atoms with van der Waals surface area (Å²) in [5.41, 5.74) is 1.22. The Labute approximate surface area is 107 Å². The van der Waals surface area contributed by atoms with E-state index in [0.717, 1.165) is 24.3 Å². The minimum Gasteiger partial charge on any atom is -0.457 e. The molecule has 0 aromatic heterocycles. The second-order valence-electron chi connectivity index (χ2n) is 4.64. The van der Waals surface area contributed by atoms with Crippen LogP contribution in [0.15, 0.2) is 54.6 Å². The molecule has 1 fully saturated rings. The van der Waals surface area contributed by atoms with Gasteiger partial charge in [0, 0.05) is 7.11 Å². The van der Waals surface area contributed by atoms with Gasteiger partial charge in [0.25, 0.3) is 0 Å². The Morgan fingerprint density at radius 1 is 0.833 bits per heavy atom. The molecule has 3 rings (SSSR count). The lowest BCUT2D eigenvalue weighted by Gasteiger charge is -2.14. The fourth-order valence-corrected chi connectivity index (χ4v) is 2.18. The Kier molecular flexibility index (Phi) is 2.80. The zero-order valence-corrected chi connectivity index (χ0v) is 10.4. The first-order chi connectivity index (χ1) is 8.82. The monoisotopic (exact) mass is 240 g/mol. The predicted octanol–water partition coefficient (Wildman–Crippen LogP) is 4.11. The van der Waals surface area contributed by atoms with Crippen molar-refractivity contribution in [1.82, 2.24) is 0 Å². The molecule has 0 saturated heterocycles. The molecule has 1 saturated carbocycles. The van der Waals surface area contributed by atoms with Gasteiger partial charge in [-0.2, -0.15) is 0 Å². The Balaban J connectivity index is 1.76. The van der Waals surface area contributed by atoms with E-state index in [-0.39, 0.29) is 5.60 Å². The molecule has 1 aliphatic rings. The van der Waals surface area contributed by atoms with Gasteiger partial charge in [-0.25, -0.2) is 0 Å². The molecule has 0 radical (unpaired) electrons. The third kappa shape index (κ3) is 2.12. The van der Waals surface area contributed by atoms with E-state index in [1.54, 1.807) is 7.11 Å². The van der Waals surface area contributed by atoms with Crippen molar-refractivity contribution in [3.05, 3.63) is 60.2 Å². The van der Waals surface area contributed by atoms with Crippen LogP contribution in [0.25, 0.3) is 0 Å². The van der Waals surface area contributed by atoms with E-state index in [9.17, 15) is 0 Å². The summed E-state index contributed by atoms with van der Waals surface area (Å²) in [4.78, 5) is 0. The van der Waals surface area contributed by atoms with Crippen LogP contribution in [-0.2, 0) is 10.3 Å². The molecular weight excluding hydrogens is 224 g/mol. The molecule has 0 N–H and O–H groups in total. The summed E-state index contributed by atoms with van der Waals surface area (Å²) in [7, 11) is 1.78. The van der Waals surface area contributed by atoms with Gasteiger partial charge in [-0.3, -0.25) is 0 Å². The fourth-order valence-electron chi connectivity index (χ4n) is 2.18. The van der Waals surface area contributed by atoms with E-state index >= 15 is 0 Å². The van der Waals surface area contributed by atoms with Gasteiger partial charge in [0.1, 0.15) is 11.5 Å². The van der Waals surface area contributed by atoms with Crippen molar-refractivity contribution < 1.29 is 9.47 Å². The Bertz CT molecular complexity index is 513. The van der Waals surface area contributed by atoms with Crippen LogP contribution in [0.4, 0.5) is 0 Å². The molecule has 2 heteroatoms. The quantitative estimate of drug-likeness (QED) is 0.800. The first-order valence-corrected chi connectivity index (χ1v) is 6.21. The van der Waals surface area contributed by atoms with Crippen molar-refractivity contribution >= 4 is 0 Å². The Morgan fingerprint density at radius 3 is 2.00 bits per heavy atom. The molecule has 92 valence electrons. The fraction of sp³-hybridized carbons (Fsp3) is 0.250. The number of benzene rings is 2. The van der Waals surface area contributed by atoms with Crippen LogP contribution in [0.3, 0.4) is 0 Å². The second-order valence-corrected chi connectivity index (χ2v) is 4.64. The highest BCUT2D eigenvalue weighted by molar-refractivity contribution is 5.36. The molecule has 1 aliphatic carbocycles. The zero-order chi connectivity index (χ0) is 12.4. The van der Waals surface area contributed by atoms with Gasteiger partial charge in [0.05, 0.1) is 5.60 Å². The maximum absolute atomic E-state index is 5.76. The lowest BCUT2D eigenvalue weighted by Crippen LogP contribution is -2.08. The van der Waals surface area contributed by atoms with Crippen molar-refractivity contribution in [1.29, 1.82) is 0 Å². The molecule has 2 aromatic carbocycles. The highest BCUT2D eigenvalue weighted by Gasteiger charge is 2.44. The summed E-state index contributed by atoms with van der Waals surface area (Å²) >= 11 is 0. The smallest absolute Gasteiger partial charge is 0.127 e. The normalized spacial score (nSPS) is 16.3. The molecule has 0 bridgehead atoms. The van der Waals surface area contributed by atoms with Crippen molar-refractivity contribution in [3.63, 3.8) is 0 Å². The molecule has 0 unspecified atom stereocenters. The first-order valence-electron chi connectivity index (χ1n) is 6.21. The van der Waals surface area contributed by atoms with Gasteiger partial charge in [-0.15, -0.1) is 0 Å². The van der Waals surface area contributed by atoms with Gasteiger partial charge in [0.2, 0.25) is 0 Å². The van der Waals surface area contributed by atoms with E-state index in [0.29, 0.717) is 0 Å². The van der Waals surface area contributed by atoms with Crippen LogP contribution in [0.5, 0.6) is 11.5 Å². The average molecular weight is 240 g/mol. The van der Waals surface area contributed by atoms with E-state index in [4.69, 9.17) is 9.47 Å². The zero-order valence-electron chi connectivity index (χ0n) is 10.4. The highest BCUT2D eigenvalue weighted by Crippen LogP contribution is 2.48. The molecule has 0 aliphatic heterocycles. The second kappa shape index (κ2) is 4.46. The molecule has 0 heterocycles. The highest BCUT2D eigenvalue weighted by atomic mass is 16.5. The number of para-hydroxylation sites is 1. The van der Waals surface area contributed by atoms with Crippen LogP contribution in [0, 0.1) is 0 Å². The van der Waals surface area contributed by atoms with Gasteiger partial charge in [-0.05, 0) is 42.7 Å². The number of hydrogen-bond acceptors (Lipinski definition) is 2. The van der Waals surface area contributed by atoms with Crippen LogP contribution in [0.2, 0.25) is 0 Å². The van der Waals surface area contributed by atoms with Gasteiger partial charge in [-0.1, -0.05) is 30.3 Å². The maximum atomic E-state index is 5.76. The van der Waals surface area contributed by atoms with Gasteiger partial charge >= 0.3 is 0 Å². The molecule has 0 spiro atoms. The van der Waals surface area contributed by atoms with Gasteiger partial charge < -0.3 is 9.47 Å². The van der Waals surface area contributed by atoms with Crippen molar-refractivity contribution in [3.8, 4) is 11.5 Å². The van der Waals surface area contributed by atoms with E-state index in [2.05, 4.69) is 12.1 Å². The third-order valence-corrected chi connectivity index (χ3v) is 3.45. The molecule has 0 amide bonds. The summed E-state index contributed by atoms with van der Waals surface area (Å²) in [5.74, 6) is 1.72. The Hall–Kier alpha value is -1.80. The summed E-state index contributed by atoms with van der Waals surface area (Å²) in [6, 6.07) is 18.0. The van der Waals surface area contributed by atoms with Crippen molar-refractivity contribution in [2.24, 2.45) is 0 Å². The van der Waals surface area contributed by atoms with E-state index < -0.39 is 0 Å². The van der Waals surface area contributed by atoms with Crippen LogP contribution in [0.1, 0.15) is 18.4 Å². The first kappa shape index (κ1) is 11.3. The number of rotatable bonds is 4. The topological polar surface area (TPSA) is 18.5 Å². The molecule has 18 heavy (non-hydrogen) atoms. The van der Waals surface area contributed by atoms with Crippen molar-refractivity contribution in [2.75, 3.05) is 7.11 Å². The average Bonchev–Trinajstić information content (AvgIpc) is 3.22. The minimum absolute atomic E-state index is 0.0225. The van der Waals surface area contributed by atoms with Crippen LogP contribution < -0.4 is 4.74 Å². The van der Waals surface area contributed by atoms with E-state index in [1.165, 1.54) is 5.56 Å². The molecular formula is C16H16O2. The van der Waals surface area contributed by atoms with Crippen LogP contribution >= 0.6 is 0 Å². The molecule has 0 atom stereocenters. The number of ether oxygens (including phenoxy) is 2.